The van der Waals surface area contributed by atoms with E-state index >= 15 is 0 Å². The van der Waals surface area contributed by atoms with Gasteiger partial charge in [0.2, 0.25) is 0 Å². The molecule has 0 unspecified atom stereocenters. The van der Waals surface area contributed by atoms with E-state index in [0.717, 1.165) is 37.8 Å². The average molecular weight is 318 g/mol. The molecule has 1 aromatic rings. The lowest BCUT2D eigenvalue weighted by atomic mass is 10.00. The smallest absolute Gasteiger partial charge is 0.251 e. The molecule has 18 heavy (non-hydrogen) atoms. The quantitative estimate of drug-likeness (QED) is 0.850. The third-order valence-electron chi connectivity index (χ3n) is 3.38. The molecule has 1 amide bonds. The van der Waals surface area contributed by atoms with Crippen LogP contribution in [0.15, 0.2) is 18.2 Å². The Morgan fingerprint density at radius 2 is 1.94 bits per heavy atom. The number of hydrogen-bond donors (Lipinski definition) is 1. The zero-order chi connectivity index (χ0) is 13.2. The van der Waals surface area contributed by atoms with Crippen LogP contribution in [-0.2, 0) is 0 Å². The minimum atomic E-state index is -0.998. The van der Waals surface area contributed by atoms with Crippen LogP contribution >= 0.6 is 15.9 Å². The van der Waals surface area contributed by atoms with Crippen molar-refractivity contribution in [1.82, 2.24) is 5.32 Å². The Hall–Kier alpha value is -0.970. The molecule has 0 spiro atoms. The molecule has 0 bridgehead atoms. The number of alkyl halides is 1. The third kappa shape index (κ3) is 2.71. The average Bonchev–Trinajstić information content (AvgIpc) is 2.82. The molecule has 5 heteroatoms. The molecule has 2 rings (SSSR count). The third-order valence-corrected chi connectivity index (χ3v) is 4.45. The predicted octanol–water partition coefficient (Wildman–Crippen LogP) is 3.40. The highest BCUT2D eigenvalue weighted by Crippen LogP contribution is 2.31. The van der Waals surface area contributed by atoms with Gasteiger partial charge < -0.3 is 5.32 Å². The maximum Gasteiger partial charge on any atom is 0.251 e. The second-order valence-electron chi connectivity index (χ2n) is 4.70. The summed E-state index contributed by atoms with van der Waals surface area (Å²) in [5, 5.41) is 3.61. The Balaban J connectivity index is 2.13. The fourth-order valence-corrected chi connectivity index (χ4v) is 3.00. The second-order valence-corrected chi connectivity index (χ2v) is 5.26. The summed E-state index contributed by atoms with van der Waals surface area (Å²) in [5.74, 6) is -2.29. The second kappa shape index (κ2) is 5.34. The molecular formula is C13H14BrF2NO. The molecule has 1 aromatic carbocycles. The first-order valence-corrected chi connectivity index (χ1v) is 7.02. The topological polar surface area (TPSA) is 29.1 Å². The van der Waals surface area contributed by atoms with Crippen LogP contribution in [-0.4, -0.2) is 16.8 Å². The summed E-state index contributed by atoms with van der Waals surface area (Å²) < 4.78 is 25.9. The van der Waals surface area contributed by atoms with Gasteiger partial charge in [-0.15, -0.1) is 0 Å². The normalized spacial score (nSPS) is 17.7. The molecule has 2 nitrogen and oxygen atoms in total. The van der Waals surface area contributed by atoms with Gasteiger partial charge in [0.05, 0.1) is 5.54 Å². The maximum absolute atomic E-state index is 13.1. The molecule has 0 aliphatic heterocycles. The molecule has 0 saturated heterocycles. The fourth-order valence-electron chi connectivity index (χ4n) is 2.29. The van der Waals surface area contributed by atoms with E-state index in [1.54, 1.807) is 0 Å². The van der Waals surface area contributed by atoms with Crippen molar-refractivity contribution in [1.29, 1.82) is 0 Å². The predicted molar refractivity (Wildman–Crippen MR) is 68.8 cm³/mol. The number of benzene rings is 1. The molecule has 0 radical (unpaired) electrons. The first kappa shape index (κ1) is 13.5. The van der Waals surface area contributed by atoms with Gasteiger partial charge in [-0.05, 0) is 31.0 Å². The molecule has 1 N–H and O–H groups in total. The number of nitrogens with one attached hydrogen (secondary N) is 1. The van der Waals surface area contributed by atoms with Crippen molar-refractivity contribution < 1.29 is 13.6 Å². The van der Waals surface area contributed by atoms with Gasteiger partial charge in [0, 0.05) is 10.9 Å². The van der Waals surface area contributed by atoms with E-state index in [1.165, 1.54) is 6.07 Å². The van der Waals surface area contributed by atoms with Crippen LogP contribution in [0.1, 0.15) is 36.0 Å². The molecule has 0 heterocycles. The van der Waals surface area contributed by atoms with E-state index in [2.05, 4.69) is 21.2 Å². The Kier molecular flexibility index (Phi) is 4.00. The van der Waals surface area contributed by atoms with Crippen molar-refractivity contribution in [2.75, 3.05) is 5.33 Å². The first-order chi connectivity index (χ1) is 8.56. The highest BCUT2D eigenvalue weighted by atomic mass is 79.9. The summed E-state index contributed by atoms with van der Waals surface area (Å²) in [6.07, 6.45) is 3.97. The zero-order valence-corrected chi connectivity index (χ0v) is 11.4. The largest absolute Gasteiger partial charge is 0.346 e. The van der Waals surface area contributed by atoms with Gasteiger partial charge in [-0.2, -0.15) is 0 Å². The van der Waals surface area contributed by atoms with Crippen LogP contribution < -0.4 is 5.32 Å². The lowest BCUT2D eigenvalue weighted by molar-refractivity contribution is 0.0910. The van der Waals surface area contributed by atoms with E-state index < -0.39 is 11.6 Å². The minimum absolute atomic E-state index is 0.154. The van der Waals surface area contributed by atoms with E-state index in [4.69, 9.17) is 0 Å². The summed E-state index contributed by atoms with van der Waals surface area (Å²) in [4.78, 5) is 12.0. The van der Waals surface area contributed by atoms with Gasteiger partial charge >= 0.3 is 0 Å². The number of amides is 1. The molecule has 1 aliphatic carbocycles. The van der Waals surface area contributed by atoms with Gasteiger partial charge in [0.1, 0.15) is 0 Å². The monoisotopic (exact) mass is 317 g/mol. The van der Waals surface area contributed by atoms with Crippen molar-refractivity contribution in [2.45, 2.75) is 31.2 Å². The van der Waals surface area contributed by atoms with Gasteiger partial charge in [-0.3, -0.25) is 4.79 Å². The van der Waals surface area contributed by atoms with Crippen molar-refractivity contribution in [3.05, 3.63) is 35.4 Å². The van der Waals surface area contributed by atoms with E-state index in [0.29, 0.717) is 5.33 Å². The van der Waals surface area contributed by atoms with E-state index in [9.17, 15) is 13.6 Å². The van der Waals surface area contributed by atoms with Crippen molar-refractivity contribution in [2.24, 2.45) is 0 Å². The summed E-state index contributed by atoms with van der Waals surface area (Å²) >= 11 is 3.41. The van der Waals surface area contributed by atoms with Crippen LogP contribution in [0.2, 0.25) is 0 Å². The standard InChI is InChI=1S/C13H14BrF2NO/c14-8-13(5-1-2-6-13)17-12(18)9-3-4-10(15)11(16)7-9/h3-4,7H,1-2,5-6,8H2,(H,17,18). The molecule has 0 aromatic heterocycles. The van der Waals surface area contributed by atoms with Crippen LogP contribution in [0.4, 0.5) is 8.78 Å². The summed E-state index contributed by atoms with van der Waals surface area (Å²) in [5.41, 5.74) is -0.0943. The van der Waals surface area contributed by atoms with Gasteiger partial charge in [0.25, 0.3) is 5.91 Å². The number of carbonyl (C=O) groups excluding carboxylic acids is 1. The van der Waals surface area contributed by atoms with Gasteiger partial charge in [0.15, 0.2) is 11.6 Å². The minimum Gasteiger partial charge on any atom is -0.346 e. The van der Waals surface area contributed by atoms with E-state index in [-0.39, 0.29) is 17.0 Å². The highest BCUT2D eigenvalue weighted by Gasteiger charge is 2.34. The van der Waals surface area contributed by atoms with Crippen LogP contribution in [0, 0.1) is 11.6 Å². The molecule has 1 fully saturated rings. The highest BCUT2D eigenvalue weighted by molar-refractivity contribution is 9.09. The fraction of sp³-hybridized carbons (Fsp3) is 0.462. The number of carbonyl (C=O) groups is 1. The van der Waals surface area contributed by atoms with Crippen LogP contribution in [0.25, 0.3) is 0 Å². The molecule has 1 aliphatic rings. The van der Waals surface area contributed by atoms with Crippen molar-refractivity contribution in [3.8, 4) is 0 Å². The van der Waals surface area contributed by atoms with Gasteiger partial charge in [-0.25, -0.2) is 8.78 Å². The Morgan fingerprint density at radius 1 is 1.28 bits per heavy atom. The van der Waals surface area contributed by atoms with Gasteiger partial charge in [-0.1, -0.05) is 28.8 Å². The number of rotatable bonds is 3. The number of halogens is 3. The zero-order valence-electron chi connectivity index (χ0n) is 9.81. The molecule has 98 valence electrons. The lowest BCUT2D eigenvalue weighted by Gasteiger charge is -2.28. The first-order valence-electron chi connectivity index (χ1n) is 5.90. The summed E-state index contributed by atoms with van der Waals surface area (Å²) in [6.45, 7) is 0. The SMILES string of the molecule is O=C(NC1(CBr)CCCC1)c1ccc(F)c(F)c1. The Morgan fingerprint density at radius 3 is 2.50 bits per heavy atom. The Labute approximate surface area is 113 Å². The van der Waals surface area contributed by atoms with Crippen molar-refractivity contribution in [3.63, 3.8) is 0 Å². The van der Waals surface area contributed by atoms with Crippen LogP contribution in [0.3, 0.4) is 0 Å². The van der Waals surface area contributed by atoms with Crippen molar-refractivity contribution >= 4 is 21.8 Å². The molecule has 0 atom stereocenters. The number of hydrogen-bond acceptors (Lipinski definition) is 1. The molecule has 1 saturated carbocycles. The summed E-state index contributed by atoms with van der Waals surface area (Å²) in [6, 6.07) is 3.20. The summed E-state index contributed by atoms with van der Waals surface area (Å²) in [7, 11) is 0. The lowest BCUT2D eigenvalue weighted by Crippen LogP contribution is -2.47. The van der Waals surface area contributed by atoms with E-state index in [1.807, 2.05) is 0 Å². The Bertz CT molecular complexity index is 458. The van der Waals surface area contributed by atoms with Crippen LogP contribution in [0.5, 0.6) is 0 Å². The maximum atomic E-state index is 13.1. The molecular weight excluding hydrogens is 304 g/mol.